The maximum absolute atomic E-state index is 9.71. The molecule has 3 aromatic rings. The van der Waals surface area contributed by atoms with Gasteiger partial charge in [-0.15, -0.1) is 0 Å². The van der Waals surface area contributed by atoms with Gasteiger partial charge in [0, 0.05) is 39.3 Å². The number of pyridine rings is 1. The summed E-state index contributed by atoms with van der Waals surface area (Å²) in [5.41, 5.74) is 5.81. The maximum atomic E-state index is 9.71. The molecule has 0 saturated carbocycles. The topological polar surface area (TPSA) is 45.5 Å². The molecule has 0 aliphatic heterocycles. The largest absolute Gasteiger partial charge is 0.411 e. The molecule has 1 aromatic heterocycles. The van der Waals surface area contributed by atoms with Gasteiger partial charge in [-0.05, 0) is 66.9 Å². The molecule has 0 radical (unpaired) electrons. The lowest BCUT2D eigenvalue weighted by molar-refractivity contribution is 0.317. The lowest BCUT2D eigenvalue weighted by Crippen LogP contribution is -2.12. The molecule has 0 spiro atoms. The minimum Gasteiger partial charge on any atom is -0.411 e. The molecule has 27 heavy (non-hydrogen) atoms. The van der Waals surface area contributed by atoms with Crippen LogP contribution in [0.3, 0.4) is 0 Å². The Bertz CT molecular complexity index is 970. The molecule has 0 amide bonds. The van der Waals surface area contributed by atoms with Crippen molar-refractivity contribution in [2.45, 2.75) is 26.2 Å². The molecule has 2 aromatic carbocycles. The van der Waals surface area contributed by atoms with Crippen molar-refractivity contribution in [3.63, 3.8) is 0 Å². The van der Waals surface area contributed by atoms with Gasteiger partial charge in [-0.1, -0.05) is 50.9 Å². The number of rotatable bonds is 5. The zero-order chi connectivity index (χ0) is 19.4. The summed E-state index contributed by atoms with van der Waals surface area (Å²) >= 11 is 9.65. The van der Waals surface area contributed by atoms with Crippen LogP contribution in [-0.2, 0) is 0 Å². The smallest absolute Gasteiger partial charge is 0.0878 e. The molecule has 138 valence electrons. The Balaban J connectivity index is 2.05. The van der Waals surface area contributed by atoms with Gasteiger partial charge in [0.15, 0.2) is 0 Å². The first kappa shape index (κ1) is 19.6. The molecule has 3 rings (SSSR count). The highest BCUT2D eigenvalue weighted by Gasteiger charge is 2.20. The molecule has 0 saturated heterocycles. The Kier molecular flexibility index (Phi) is 6.30. The second-order valence-electron chi connectivity index (χ2n) is 6.54. The lowest BCUT2D eigenvalue weighted by atomic mass is 9.83. The van der Waals surface area contributed by atoms with Crippen LogP contribution in [0.4, 0.5) is 0 Å². The summed E-state index contributed by atoms with van der Waals surface area (Å²) in [6, 6.07) is 18.0. The normalized spacial score (nSPS) is 12.8. The molecular formula is C22H20BrClN2O. The fourth-order valence-corrected chi connectivity index (χ4v) is 3.76. The molecule has 0 aliphatic rings. The predicted molar refractivity (Wildman–Crippen MR) is 114 cm³/mol. The quantitative estimate of drug-likeness (QED) is 0.277. The van der Waals surface area contributed by atoms with Gasteiger partial charge in [0.05, 0.1) is 5.71 Å². The molecule has 0 unspecified atom stereocenters. The highest BCUT2D eigenvalue weighted by Crippen LogP contribution is 2.33. The van der Waals surface area contributed by atoms with Gasteiger partial charge in [-0.3, -0.25) is 4.98 Å². The van der Waals surface area contributed by atoms with Crippen LogP contribution in [0.1, 0.15) is 40.3 Å². The second kappa shape index (κ2) is 8.68. The lowest BCUT2D eigenvalue weighted by Gasteiger charge is -2.21. The average molecular weight is 444 g/mol. The van der Waals surface area contributed by atoms with Crippen LogP contribution in [0, 0.1) is 13.8 Å². The molecule has 1 heterocycles. The van der Waals surface area contributed by atoms with E-state index in [1.165, 1.54) is 0 Å². The first-order valence-electron chi connectivity index (χ1n) is 8.63. The van der Waals surface area contributed by atoms with Crippen molar-refractivity contribution in [3.8, 4) is 0 Å². The summed E-state index contributed by atoms with van der Waals surface area (Å²) in [5.74, 6) is 0.0368. The standard InChI is InChI=1S/C22H20BrClN2O/c1-14-11-19(24)7-8-20(14)21(16-3-5-18(23)6-4-16)13-22(26-27)17-9-10-25-15(2)12-17/h3-12,21,27H,13H2,1-2H3/b26-22+/t21-/m1/s1. The SMILES string of the molecule is Cc1cc(/C(C[C@H](c2ccc(Br)cc2)c2ccc(Cl)cc2C)=N/O)ccn1. The van der Waals surface area contributed by atoms with Crippen LogP contribution in [0.15, 0.2) is 70.4 Å². The third-order valence-electron chi connectivity index (χ3n) is 4.63. The highest BCUT2D eigenvalue weighted by atomic mass is 79.9. The molecule has 1 N–H and O–H groups in total. The Morgan fingerprint density at radius 2 is 1.85 bits per heavy atom. The van der Waals surface area contributed by atoms with E-state index < -0.39 is 0 Å². The van der Waals surface area contributed by atoms with Crippen LogP contribution in [0.25, 0.3) is 0 Å². The number of nitrogens with zero attached hydrogens (tertiary/aromatic N) is 2. The molecule has 0 bridgehead atoms. The van der Waals surface area contributed by atoms with Crippen molar-refractivity contribution < 1.29 is 5.21 Å². The van der Waals surface area contributed by atoms with Gasteiger partial charge in [-0.25, -0.2) is 0 Å². The number of aromatic nitrogens is 1. The van der Waals surface area contributed by atoms with Crippen LogP contribution >= 0.6 is 27.5 Å². The molecule has 1 atom stereocenters. The van der Waals surface area contributed by atoms with Gasteiger partial charge in [0.2, 0.25) is 0 Å². The zero-order valence-corrected chi connectivity index (χ0v) is 17.5. The molecule has 5 heteroatoms. The first-order chi connectivity index (χ1) is 13.0. The minimum absolute atomic E-state index is 0.0368. The van der Waals surface area contributed by atoms with Crippen LogP contribution < -0.4 is 0 Å². The van der Waals surface area contributed by atoms with E-state index in [4.69, 9.17) is 11.6 Å². The average Bonchev–Trinajstić information content (AvgIpc) is 2.64. The second-order valence-corrected chi connectivity index (χ2v) is 7.89. The number of hydrogen-bond donors (Lipinski definition) is 1. The van der Waals surface area contributed by atoms with E-state index >= 15 is 0 Å². The van der Waals surface area contributed by atoms with E-state index in [1.807, 2.05) is 43.3 Å². The number of hydrogen-bond acceptors (Lipinski definition) is 3. The summed E-state index contributed by atoms with van der Waals surface area (Å²) in [4.78, 5) is 4.23. The highest BCUT2D eigenvalue weighted by molar-refractivity contribution is 9.10. The third kappa shape index (κ3) is 4.76. The van der Waals surface area contributed by atoms with E-state index in [2.05, 4.69) is 51.2 Å². The van der Waals surface area contributed by atoms with E-state index in [0.717, 1.165) is 32.4 Å². The van der Waals surface area contributed by atoms with Crippen molar-refractivity contribution >= 4 is 33.2 Å². The molecule has 3 nitrogen and oxygen atoms in total. The number of oxime groups is 1. The predicted octanol–water partition coefficient (Wildman–Crippen LogP) is 6.51. The Morgan fingerprint density at radius 1 is 1.11 bits per heavy atom. The number of aryl methyl sites for hydroxylation is 2. The van der Waals surface area contributed by atoms with E-state index in [0.29, 0.717) is 17.2 Å². The van der Waals surface area contributed by atoms with Gasteiger partial charge in [-0.2, -0.15) is 0 Å². The van der Waals surface area contributed by atoms with Crippen LogP contribution in [-0.4, -0.2) is 15.9 Å². The number of benzene rings is 2. The van der Waals surface area contributed by atoms with Gasteiger partial charge >= 0.3 is 0 Å². The van der Waals surface area contributed by atoms with E-state index in [1.54, 1.807) is 6.20 Å². The Labute approximate surface area is 172 Å². The van der Waals surface area contributed by atoms with Crippen molar-refractivity contribution in [2.75, 3.05) is 0 Å². The first-order valence-corrected chi connectivity index (χ1v) is 9.80. The third-order valence-corrected chi connectivity index (χ3v) is 5.39. The molecule has 0 aliphatic carbocycles. The van der Waals surface area contributed by atoms with Gasteiger partial charge < -0.3 is 5.21 Å². The van der Waals surface area contributed by atoms with Crippen molar-refractivity contribution in [1.29, 1.82) is 0 Å². The van der Waals surface area contributed by atoms with Crippen LogP contribution in [0.2, 0.25) is 5.02 Å². The monoisotopic (exact) mass is 442 g/mol. The van der Waals surface area contributed by atoms with Gasteiger partial charge in [0.1, 0.15) is 0 Å². The summed E-state index contributed by atoms with van der Waals surface area (Å²) < 4.78 is 1.03. The summed E-state index contributed by atoms with van der Waals surface area (Å²) in [5, 5.41) is 14.0. The van der Waals surface area contributed by atoms with Gasteiger partial charge in [0.25, 0.3) is 0 Å². The fourth-order valence-electron chi connectivity index (χ4n) is 3.27. The Hall–Kier alpha value is -2.17. The Morgan fingerprint density at radius 3 is 2.48 bits per heavy atom. The van der Waals surface area contributed by atoms with E-state index in [9.17, 15) is 5.21 Å². The van der Waals surface area contributed by atoms with Crippen molar-refractivity contribution in [2.24, 2.45) is 5.16 Å². The van der Waals surface area contributed by atoms with Crippen molar-refractivity contribution in [1.82, 2.24) is 4.98 Å². The summed E-state index contributed by atoms with van der Waals surface area (Å²) in [6.45, 7) is 3.98. The minimum atomic E-state index is 0.0368. The fraction of sp³-hybridized carbons (Fsp3) is 0.182. The number of halogens is 2. The zero-order valence-electron chi connectivity index (χ0n) is 15.2. The van der Waals surface area contributed by atoms with E-state index in [-0.39, 0.29) is 5.92 Å². The maximum Gasteiger partial charge on any atom is 0.0878 e. The van der Waals surface area contributed by atoms with Crippen LogP contribution in [0.5, 0.6) is 0 Å². The summed E-state index contributed by atoms with van der Waals surface area (Å²) in [6.07, 6.45) is 2.29. The molecular weight excluding hydrogens is 424 g/mol. The molecule has 0 fully saturated rings. The van der Waals surface area contributed by atoms with Crippen molar-refractivity contribution in [3.05, 3.63) is 98.2 Å². The summed E-state index contributed by atoms with van der Waals surface area (Å²) in [7, 11) is 0.